The van der Waals surface area contributed by atoms with E-state index in [0.717, 1.165) is 42.8 Å². The maximum absolute atomic E-state index is 12.0. The van der Waals surface area contributed by atoms with Crippen LogP contribution in [0.25, 0.3) is 11.0 Å². The van der Waals surface area contributed by atoms with Crippen LogP contribution in [0.5, 0.6) is 0 Å². The SMILES string of the molecule is C#CC#CC#CC#CC#CC#CC#CC#CC#CC.CC(C)NC(=O)CN1CCC(Cn2ncc3cnc(Nc4cnn(C)c4)nc32)C1.N=N/N=N/N=N/N=N/N=O.[HH].[HH].[HH].[HH].[HH].[HH].[HH].[HH].[HH].[HH].[HH]. The fourth-order valence-corrected chi connectivity index (χ4v) is 4.31. The smallest absolute Gasteiger partial charge is 0.234 e. The summed E-state index contributed by atoms with van der Waals surface area (Å²) < 4.78 is 3.66. The van der Waals surface area contributed by atoms with Crippen LogP contribution in [-0.4, -0.2) is 66.0 Å². The van der Waals surface area contributed by atoms with Crippen molar-refractivity contribution < 1.29 is 20.5 Å². The average molecular weight is 795 g/mol. The van der Waals surface area contributed by atoms with Crippen LogP contribution in [0.1, 0.15) is 42.9 Å². The van der Waals surface area contributed by atoms with Crippen LogP contribution in [-0.2, 0) is 18.4 Å². The van der Waals surface area contributed by atoms with Crippen molar-refractivity contribution in [1.82, 2.24) is 39.7 Å². The van der Waals surface area contributed by atoms with E-state index in [1.165, 1.54) is 0 Å². The quantitative estimate of drug-likeness (QED) is 0.0855. The fourth-order valence-electron chi connectivity index (χ4n) is 4.31. The minimum atomic E-state index is 0. The summed E-state index contributed by atoms with van der Waals surface area (Å²) in [5, 5.41) is 36.4. The zero-order valence-electron chi connectivity index (χ0n) is 31.6. The fraction of sp³-hybridized carbons (Fsp3) is 0.289. The molecule has 20 heteroatoms. The van der Waals surface area contributed by atoms with Crippen LogP contribution in [0.3, 0.4) is 0 Å². The van der Waals surface area contributed by atoms with Gasteiger partial charge in [-0.2, -0.15) is 20.7 Å². The second-order valence-electron chi connectivity index (χ2n) is 10.9. The number of likely N-dealkylation sites (tertiary alicyclic amines) is 1. The van der Waals surface area contributed by atoms with Gasteiger partial charge < -0.3 is 10.6 Å². The van der Waals surface area contributed by atoms with Crippen molar-refractivity contribution in [2.24, 2.45) is 54.8 Å². The third-order valence-electron chi connectivity index (χ3n) is 6.31. The van der Waals surface area contributed by atoms with E-state index >= 15 is 0 Å². The number of amides is 1. The molecule has 3 aromatic rings. The lowest BCUT2D eigenvalue weighted by Gasteiger charge is -2.17. The number of rotatable bonds is 11. The lowest BCUT2D eigenvalue weighted by Crippen LogP contribution is -2.39. The Morgan fingerprint density at radius 1 is 0.897 bits per heavy atom. The highest BCUT2D eigenvalue weighted by Crippen LogP contribution is 2.21. The molecule has 20 nitrogen and oxygen atoms in total. The summed E-state index contributed by atoms with van der Waals surface area (Å²) in [6, 6.07) is 0.172. The second kappa shape index (κ2) is 28.5. The Kier molecular flexibility index (Phi) is 22.2. The highest BCUT2D eigenvalue weighted by atomic mass is 16.3. The van der Waals surface area contributed by atoms with Crippen molar-refractivity contribution >= 4 is 28.6 Å². The van der Waals surface area contributed by atoms with Crippen molar-refractivity contribution in [3.63, 3.8) is 0 Å². The number of aryl methyl sites for hydroxylation is 1. The van der Waals surface area contributed by atoms with Gasteiger partial charge in [0.05, 0.1) is 30.0 Å². The second-order valence-corrected chi connectivity index (χ2v) is 10.9. The summed E-state index contributed by atoms with van der Waals surface area (Å²) >= 11 is 0. The van der Waals surface area contributed by atoms with Crippen molar-refractivity contribution in [3.8, 4) is 107 Å². The summed E-state index contributed by atoms with van der Waals surface area (Å²) in [5.74, 6) is 43.0. The third-order valence-corrected chi connectivity index (χ3v) is 6.31. The Morgan fingerprint density at radius 2 is 1.50 bits per heavy atom. The molecule has 308 valence electrons. The maximum Gasteiger partial charge on any atom is 0.234 e. The first-order valence-electron chi connectivity index (χ1n) is 16.5. The van der Waals surface area contributed by atoms with Gasteiger partial charge in [0, 0.05) is 69.9 Å². The zero-order valence-corrected chi connectivity index (χ0v) is 31.6. The van der Waals surface area contributed by atoms with Crippen LogP contribution >= 0.6 is 0 Å². The summed E-state index contributed by atoms with van der Waals surface area (Å²) in [7, 11) is 1.86. The van der Waals surface area contributed by atoms with Gasteiger partial charge in [-0.3, -0.25) is 14.4 Å². The summed E-state index contributed by atoms with van der Waals surface area (Å²) in [6.07, 6.45) is 13.1. The standard InChI is InChI=1S/C19H27N9O.C19H4.HN9O.11H2/c1-13(2)23-17(29)12-27-5-4-14(9-27)10-28-18-15(7-22-28)6-20-19(25-18)24-16-8-21-26(3)11-16;1-3-5-7-9-11-13-15-17-19-18-16-14-12-10-8-6-4-2;1-2-3-4-5-6-7-8-9-10;;;;;;;;;;;/h6-8,11,13-14H,4-5,9-10,12H2,1-3H3,(H,23,29)(H,20,24,25);1H,2H3;1H;11*1H/b;;2-1?,4-3+,6-5+,8-7+;;;;;;;;;;;. The molecule has 0 spiro atoms. The first kappa shape index (κ1) is 45.2. The Hall–Kier alpha value is -8.97. The van der Waals surface area contributed by atoms with E-state index in [2.05, 4.69) is 173 Å². The molecule has 4 rings (SSSR count). The van der Waals surface area contributed by atoms with Gasteiger partial charge in [-0.1, -0.05) is 5.92 Å². The van der Waals surface area contributed by atoms with Crippen LogP contribution < -0.4 is 10.6 Å². The predicted molar refractivity (Wildman–Crippen MR) is 235 cm³/mol. The van der Waals surface area contributed by atoms with Crippen molar-refractivity contribution in [1.29, 1.82) is 5.53 Å². The molecule has 1 aliphatic heterocycles. The topological polar surface area (TPSA) is 246 Å². The number of carbonyl (C=O) groups excluding carboxylic acids is 1. The van der Waals surface area contributed by atoms with E-state index in [9.17, 15) is 9.70 Å². The molecular formula is C38H54N18O2. The Bertz CT molecular complexity index is 2580. The summed E-state index contributed by atoms with van der Waals surface area (Å²) in [4.78, 5) is 32.4. The van der Waals surface area contributed by atoms with E-state index in [0.29, 0.717) is 18.4 Å². The molecule has 0 radical (unpaired) electrons. The Morgan fingerprint density at radius 3 is 2.05 bits per heavy atom. The lowest BCUT2D eigenvalue weighted by molar-refractivity contribution is -0.122. The number of hydrogen-bond donors (Lipinski definition) is 3. The lowest BCUT2D eigenvalue weighted by atomic mass is 10.1. The first-order valence-corrected chi connectivity index (χ1v) is 16.5. The molecule has 4 heterocycles. The number of nitrogens with zero attached hydrogens (tertiary/aromatic N) is 15. The Balaban J connectivity index is -0.0000000968. The predicted octanol–water partition coefficient (Wildman–Crippen LogP) is 6.32. The molecule has 1 unspecified atom stereocenters. The molecule has 1 aliphatic rings. The monoisotopic (exact) mass is 794 g/mol. The van der Waals surface area contributed by atoms with Crippen molar-refractivity contribution in [3.05, 3.63) is 29.7 Å². The summed E-state index contributed by atoms with van der Waals surface area (Å²) in [5.41, 5.74) is 7.70. The number of nitrogens with one attached hydrogen (secondary N) is 3. The highest BCUT2D eigenvalue weighted by molar-refractivity contribution is 5.78. The van der Waals surface area contributed by atoms with E-state index in [-0.39, 0.29) is 27.6 Å². The van der Waals surface area contributed by atoms with Gasteiger partial charge >= 0.3 is 0 Å². The van der Waals surface area contributed by atoms with Crippen LogP contribution in [0, 0.1) is 123 Å². The number of aromatic nitrogens is 6. The molecule has 0 bridgehead atoms. The molecule has 1 amide bonds. The van der Waals surface area contributed by atoms with Crippen molar-refractivity contribution in [2.75, 3.05) is 25.0 Å². The van der Waals surface area contributed by atoms with E-state index in [4.69, 9.17) is 12.0 Å². The highest BCUT2D eigenvalue weighted by Gasteiger charge is 2.25. The van der Waals surface area contributed by atoms with Gasteiger partial charge in [0.15, 0.2) is 5.65 Å². The minimum absolute atomic E-state index is 0. The average Bonchev–Trinajstić information content (AvgIpc) is 3.94. The molecule has 3 aromatic heterocycles. The maximum atomic E-state index is 12.0. The van der Waals surface area contributed by atoms with Gasteiger partial charge in [0.2, 0.25) is 11.9 Å². The molecule has 1 atom stereocenters. The van der Waals surface area contributed by atoms with Crippen LogP contribution in [0.15, 0.2) is 66.6 Å². The van der Waals surface area contributed by atoms with Gasteiger partial charge in [-0.25, -0.2) is 9.67 Å². The van der Waals surface area contributed by atoms with E-state index < -0.39 is 0 Å². The molecule has 58 heavy (non-hydrogen) atoms. The number of fused-ring (bicyclic) bond motifs is 1. The van der Waals surface area contributed by atoms with E-state index in [1.807, 2.05) is 37.1 Å². The normalized spacial score (nSPS) is 11.9. The van der Waals surface area contributed by atoms with Gasteiger partial charge in [-0.15, -0.1) is 11.3 Å². The third kappa shape index (κ3) is 20.3. The zero-order chi connectivity index (χ0) is 42.1. The minimum Gasteiger partial charge on any atom is -0.353 e. The largest absolute Gasteiger partial charge is 0.353 e. The van der Waals surface area contributed by atoms with Gasteiger partial charge in [0.25, 0.3) is 0 Å². The molecule has 0 aliphatic carbocycles. The number of anilines is 2. The number of terminal acetylenes is 1. The number of carbonyl (C=O) groups is 1. The number of hydrogen-bond acceptors (Lipinski definition) is 9. The Labute approximate surface area is 350 Å². The van der Waals surface area contributed by atoms with Crippen LogP contribution in [0.4, 0.5) is 11.6 Å². The molecule has 3 N–H and O–H groups in total. The molecular weight excluding hydrogens is 741 g/mol. The molecule has 0 saturated carbocycles. The van der Waals surface area contributed by atoms with Gasteiger partial charge in [0.1, 0.15) is 5.29 Å². The first-order chi connectivity index (χ1) is 28.3. The van der Waals surface area contributed by atoms with Crippen molar-refractivity contribution in [2.45, 2.75) is 39.8 Å². The molecule has 0 aromatic carbocycles. The van der Waals surface area contributed by atoms with Gasteiger partial charge in [-0.05, 0) is 155 Å². The van der Waals surface area contributed by atoms with Crippen LogP contribution in [0.2, 0.25) is 0 Å². The van der Waals surface area contributed by atoms with E-state index in [1.54, 1.807) is 30.2 Å². The molecule has 1 saturated heterocycles. The molecule has 1 fully saturated rings. The number of nitroso groups, excluding NO2 is 1. The summed E-state index contributed by atoms with van der Waals surface area (Å²) in [6.45, 7) is 8.70.